The van der Waals surface area contributed by atoms with Crippen LogP contribution in [0.2, 0.25) is 0 Å². The van der Waals surface area contributed by atoms with Gasteiger partial charge in [-0.25, -0.2) is 8.42 Å². The molecule has 6 heteroatoms. The Hall–Kier alpha value is -0.620. The van der Waals surface area contributed by atoms with E-state index in [4.69, 9.17) is 0 Å². The van der Waals surface area contributed by atoms with E-state index in [1.807, 2.05) is 13.8 Å². The van der Waals surface area contributed by atoms with E-state index >= 15 is 0 Å². The Morgan fingerprint density at radius 1 is 1.53 bits per heavy atom. The lowest BCUT2D eigenvalue weighted by molar-refractivity contribution is -0.133. The van der Waals surface area contributed by atoms with E-state index in [0.717, 1.165) is 12.8 Å². The Bertz CT molecular complexity index is 420. The van der Waals surface area contributed by atoms with Crippen LogP contribution in [-0.4, -0.2) is 49.0 Å². The first kappa shape index (κ1) is 12.8. The third-order valence-electron chi connectivity index (χ3n) is 3.96. The molecule has 2 unspecified atom stereocenters. The van der Waals surface area contributed by atoms with E-state index in [1.165, 1.54) is 0 Å². The average molecular weight is 260 g/mol. The minimum absolute atomic E-state index is 0.0436. The lowest BCUT2D eigenvalue weighted by Gasteiger charge is -2.31. The van der Waals surface area contributed by atoms with Gasteiger partial charge < -0.3 is 4.90 Å². The van der Waals surface area contributed by atoms with Gasteiger partial charge in [0.05, 0.1) is 23.7 Å². The molecule has 0 aromatic carbocycles. The maximum atomic E-state index is 12.2. The van der Waals surface area contributed by atoms with Crippen molar-refractivity contribution in [1.82, 2.24) is 10.2 Å². The van der Waals surface area contributed by atoms with Crippen LogP contribution in [0.3, 0.4) is 0 Å². The highest BCUT2D eigenvalue weighted by atomic mass is 32.2. The molecule has 2 rings (SSSR count). The molecule has 0 spiro atoms. The Labute approximate surface area is 102 Å². The minimum Gasteiger partial charge on any atom is -0.324 e. The van der Waals surface area contributed by atoms with E-state index in [0.29, 0.717) is 13.1 Å². The van der Waals surface area contributed by atoms with Crippen molar-refractivity contribution in [1.29, 1.82) is 0 Å². The van der Waals surface area contributed by atoms with Crippen LogP contribution in [0, 0.1) is 0 Å². The Kier molecular flexibility index (Phi) is 3.20. The molecule has 0 aromatic heterocycles. The SMILES string of the molecule is CCC1(C)NCN(C2CCCS(=O)(=O)C2)C1=O. The maximum Gasteiger partial charge on any atom is 0.243 e. The van der Waals surface area contributed by atoms with Gasteiger partial charge in [0.15, 0.2) is 9.84 Å². The number of amides is 1. The zero-order valence-corrected chi connectivity index (χ0v) is 11.2. The van der Waals surface area contributed by atoms with Crippen molar-refractivity contribution >= 4 is 15.7 Å². The monoisotopic (exact) mass is 260 g/mol. The topological polar surface area (TPSA) is 66.5 Å². The van der Waals surface area contributed by atoms with Gasteiger partial charge in [0.2, 0.25) is 5.91 Å². The second kappa shape index (κ2) is 4.24. The lowest BCUT2D eigenvalue weighted by atomic mass is 9.99. The van der Waals surface area contributed by atoms with Gasteiger partial charge in [0.1, 0.15) is 0 Å². The van der Waals surface area contributed by atoms with E-state index in [1.54, 1.807) is 4.90 Å². The largest absolute Gasteiger partial charge is 0.324 e. The number of sulfone groups is 1. The number of hydrogen-bond donors (Lipinski definition) is 1. The third kappa shape index (κ3) is 2.33. The molecule has 1 amide bonds. The van der Waals surface area contributed by atoms with Crippen LogP contribution in [0.5, 0.6) is 0 Å². The second-order valence-corrected chi connectivity index (χ2v) is 7.43. The summed E-state index contributed by atoms with van der Waals surface area (Å²) < 4.78 is 23.2. The van der Waals surface area contributed by atoms with Crippen molar-refractivity contribution in [3.63, 3.8) is 0 Å². The molecule has 0 bridgehead atoms. The second-order valence-electron chi connectivity index (χ2n) is 5.21. The number of rotatable bonds is 2. The number of carbonyl (C=O) groups excluding carboxylic acids is 1. The first-order chi connectivity index (χ1) is 7.88. The number of hydrogen-bond acceptors (Lipinski definition) is 4. The van der Waals surface area contributed by atoms with Crippen LogP contribution >= 0.6 is 0 Å². The van der Waals surface area contributed by atoms with Crippen LogP contribution in [0.4, 0.5) is 0 Å². The van der Waals surface area contributed by atoms with Crippen molar-refractivity contribution in [2.45, 2.75) is 44.7 Å². The van der Waals surface area contributed by atoms with Gasteiger partial charge in [0.25, 0.3) is 0 Å². The number of carbonyl (C=O) groups is 1. The summed E-state index contributed by atoms with van der Waals surface area (Å²) in [7, 11) is -2.96. The molecule has 2 atom stereocenters. The molecule has 17 heavy (non-hydrogen) atoms. The van der Waals surface area contributed by atoms with Crippen molar-refractivity contribution < 1.29 is 13.2 Å². The maximum absolute atomic E-state index is 12.2. The standard InChI is InChI=1S/C11H20N2O3S/c1-3-11(2)10(14)13(8-12-11)9-5-4-6-17(15,16)7-9/h9,12H,3-8H2,1-2H3. The zero-order valence-electron chi connectivity index (χ0n) is 10.4. The summed E-state index contributed by atoms with van der Waals surface area (Å²) in [5.41, 5.74) is -0.513. The lowest BCUT2D eigenvalue weighted by Crippen LogP contribution is -2.48. The smallest absolute Gasteiger partial charge is 0.243 e. The summed E-state index contributed by atoms with van der Waals surface area (Å²) in [6, 6.07) is -0.137. The fourth-order valence-electron chi connectivity index (χ4n) is 2.54. The van der Waals surface area contributed by atoms with Crippen LogP contribution in [0.1, 0.15) is 33.1 Å². The summed E-state index contributed by atoms with van der Waals surface area (Å²) in [6.07, 6.45) is 2.19. The summed E-state index contributed by atoms with van der Waals surface area (Å²) in [6.45, 7) is 4.32. The fraction of sp³-hybridized carbons (Fsp3) is 0.909. The molecule has 0 saturated carbocycles. The molecule has 2 fully saturated rings. The predicted molar refractivity (Wildman–Crippen MR) is 65.2 cm³/mol. The molecule has 98 valence electrons. The number of nitrogens with zero attached hydrogens (tertiary/aromatic N) is 1. The van der Waals surface area contributed by atoms with Crippen molar-refractivity contribution in [2.75, 3.05) is 18.2 Å². The fourth-order valence-corrected chi connectivity index (χ4v) is 4.25. The molecule has 2 aliphatic heterocycles. The molecular formula is C11H20N2O3S. The predicted octanol–water partition coefficient (Wildman–Crippen LogP) is 0.122. The van der Waals surface area contributed by atoms with Crippen LogP contribution < -0.4 is 5.32 Å². The van der Waals surface area contributed by atoms with E-state index in [2.05, 4.69) is 5.32 Å². The third-order valence-corrected chi connectivity index (χ3v) is 5.76. The van der Waals surface area contributed by atoms with Gasteiger partial charge in [-0.15, -0.1) is 0 Å². The first-order valence-electron chi connectivity index (χ1n) is 6.14. The Morgan fingerprint density at radius 2 is 2.24 bits per heavy atom. The highest BCUT2D eigenvalue weighted by molar-refractivity contribution is 7.91. The van der Waals surface area contributed by atoms with Gasteiger partial charge in [-0.05, 0) is 26.2 Å². The van der Waals surface area contributed by atoms with E-state index in [9.17, 15) is 13.2 Å². The van der Waals surface area contributed by atoms with Gasteiger partial charge in [-0.2, -0.15) is 0 Å². The van der Waals surface area contributed by atoms with Gasteiger partial charge in [-0.1, -0.05) is 6.92 Å². The summed E-state index contributed by atoms with van der Waals surface area (Å²) in [4.78, 5) is 13.9. The Balaban J connectivity index is 2.12. The molecular weight excluding hydrogens is 240 g/mol. The van der Waals surface area contributed by atoms with Crippen molar-refractivity contribution in [3.8, 4) is 0 Å². The molecule has 2 heterocycles. The van der Waals surface area contributed by atoms with Gasteiger partial charge in [-0.3, -0.25) is 10.1 Å². The molecule has 0 aliphatic carbocycles. The van der Waals surface area contributed by atoms with E-state index < -0.39 is 15.4 Å². The first-order valence-corrected chi connectivity index (χ1v) is 7.96. The van der Waals surface area contributed by atoms with Crippen LogP contribution in [0.15, 0.2) is 0 Å². The highest BCUT2D eigenvalue weighted by Crippen LogP contribution is 2.25. The quantitative estimate of drug-likeness (QED) is 0.766. The molecule has 2 aliphatic rings. The molecule has 0 aromatic rings. The molecule has 1 N–H and O–H groups in total. The highest BCUT2D eigenvalue weighted by Gasteiger charge is 2.44. The summed E-state index contributed by atoms with van der Waals surface area (Å²) >= 11 is 0. The van der Waals surface area contributed by atoms with Gasteiger partial charge >= 0.3 is 0 Å². The zero-order chi connectivity index (χ0) is 12.7. The normalized spacial score (nSPS) is 37.4. The van der Waals surface area contributed by atoms with Gasteiger partial charge in [0, 0.05) is 6.04 Å². The average Bonchev–Trinajstić information content (AvgIpc) is 2.55. The molecule has 5 nitrogen and oxygen atoms in total. The van der Waals surface area contributed by atoms with Crippen molar-refractivity contribution in [2.24, 2.45) is 0 Å². The van der Waals surface area contributed by atoms with Crippen molar-refractivity contribution in [3.05, 3.63) is 0 Å². The van der Waals surface area contributed by atoms with Crippen LogP contribution in [0.25, 0.3) is 0 Å². The molecule has 2 saturated heterocycles. The van der Waals surface area contributed by atoms with Crippen LogP contribution in [-0.2, 0) is 14.6 Å². The summed E-state index contributed by atoms with van der Waals surface area (Å²) in [5, 5.41) is 3.19. The minimum atomic E-state index is -2.96. The Morgan fingerprint density at radius 3 is 2.76 bits per heavy atom. The summed E-state index contributed by atoms with van der Waals surface area (Å²) in [5.74, 6) is 0.437. The number of nitrogens with one attached hydrogen (secondary N) is 1. The molecule has 0 radical (unpaired) electrons. The van der Waals surface area contributed by atoms with E-state index in [-0.39, 0.29) is 23.5 Å².